The number of phenols is 1. The first-order valence-electron chi connectivity index (χ1n) is 7.02. The molecule has 2 N–H and O–H groups in total. The first-order chi connectivity index (χ1) is 9.72. The Balaban J connectivity index is 1.58. The highest BCUT2D eigenvalue weighted by atomic mass is 35.5. The number of halogens is 1. The number of benzene rings is 1. The molecule has 0 bridgehead atoms. The molecule has 1 aromatic heterocycles. The molecule has 2 nitrogen and oxygen atoms in total. The minimum absolute atomic E-state index is 0.326. The molecule has 1 heterocycles. The molecule has 20 heavy (non-hydrogen) atoms. The molecule has 1 atom stereocenters. The molecule has 1 aliphatic rings. The number of hydrogen-bond donors (Lipinski definition) is 2. The summed E-state index contributed by atoms with van der Waals surface area (Å²) in [6.07, 6.45) is 4.57. The number of phenolic OH excluding ortho intramolecular Hbond substituents is 1. The highest BCUT2D eigenvalue weighted by Gasteiger charge is 2.21. The quantitative estimate of drug-likeness (QED) is 0.882. The lowest BCUT2D eigenvalue weighted by Gasteiger charge is -2.23. The van der Waals surface area contributed by atoms with Crippen LogP contribution < -0.4 is 5.32 Å². The summed E-state index contributed by atoms with van der Waals surface area (Å²) in [6.45, 7) is 0.947. The van der Waals surface area contributed by atoms with E-state index in [0.717, 1.165) is 17.3 Å². The van der Waals surface area contributed by atoms with Crippen LogP contribution in [0, 0.1) is 0 Å². The Kier molecular flexibility index (Phi) is 4.29. The van der Waals surface area contributed by atoms with Gasteiger partial charge in [-0.1, -0.05) is 23.7 Å². The van der Waals surface area contributed by atoms with E-state index >= 15 is 0 Å². The lowest BCUT2D eigenvalue weighted by atomic mass is 9.94. The van der Waals surface area contributed by atoms with Gasteiger partial charge < -0.3 is 10.4 Å². The third-order valence-corrected chi connectivity index (χ3v) is 5.16. The van der Waals surface area contributed by atoms with E-state index in [0.29, 0.717) is 11.8 Å². The fourth-order valence-electron chi connectivity index (χ4n) is 2.79. The van der Waals surface area contributed by atoms with E-state index in [4.69, 9.17) is 11.6 Å². The first kappa shape index (κ1) is 13.9. The van der Waals surface area contributed by atoms with Crippen LogP contribution in [-0.2, 0) is 12.8 Å². The van der Waals surface area contributed by atoms with Crippen molar-refractivity contribution >= 4 is 22.9 Å². The van der Waals surface area contributed by atoms with Gasteiger partial charge in [0, 0.05) is 10.9 Å². The molecule has 0 saturated carbocycles. The van der Waals surface area contributed by atoms with Crippen molar-refractivity contribution in [1.82, 2.24) is 5.32 Å². The number of thiophene rings is 1. The van der Waals surface area contributed by atoms with Crippen LogP contribution in [0.4, 0.5) is 0 Å². The predicted molar refractivity (Wildman–Crippen MR) is 84.8 cm³/mol. The average molecular weight is 308 g/mol. The Morgan fingerprint density at radius 3 is 2.90 bits per heavy atom. The van der Waals surface area contributed by atoms with Crippen molar-refractivity contribution in [3.8, 4) is 5.75 Å². The van der Waals surface area contributed by atoms with Gasteiger partial charge in [0.15, 0.2) is 0 Å². The summed E-state index contributed by atoms with van der Waals surface area (Å²) < 4.78 is 0.905. The normalized spacial score (nSPS) is 17.9. The van der Waals surface area contributed by atoms with Crippen LogP contribution in [0.25, 0.3) is 0 Å². The van der Waals surface area contributed by atoms with Gasteiger partial charge >= 0.3 is 0 Å². The third kappa shape index (κ3) is 3.17. The molecule has 106 valence electrons. The van der Waals surface area contributed by atoms with Crippen LogP contribution in [0.3, 0.4) is 0 Å². The number of aromatic hydroxyl groups is 1. The maximum atomic E-state index is 9.27. The molecular weight excluding hydrogens is 290 g/mol. The van der Waals surface area contributed by atoms with Gasteiger partial charge in [0.1, 0.15) is 5.75 Å². The number of hydrogen-bond acceptors (Lipinski definition) is 3. The molecule has 0 radical (unpaired) electrons. The summed E-state index contributed by atoms with van der Waals surface area (Å²) >= 11 is 7.85. The summed E-state index contributed by atoms with van der Waals surface area (Å²) in [4.78, 5) is 1.45. The van der Waals surface area contributed by atoms with Crippen LogP contribution in [0.5, 0.6) is 5.75 Å². The van der Waals surface area contributed by atoms with Crippen molar-refractivity contribution in [2.24, 2.45) is 0 Å². The number of aryl methyl sites for hydroxylation is 1. The second kappa shape index (κ2) is 6.17. The Bertz CT molecular complexity index is 579. The maximum Gasteiger partial charge on any atom is 0.115 e. The molecule has 2 aromatic rings. The lowest BCUT2D eigenvalue weighted by Crippen LogP contribution is -2.26. The maximum absolute atomic E-state index is 9.27. The zero-order valence-electron chi connectivity index (χ0n) is 11.2. The highest BCUT2D eigenvalue weighted by molar-refractivity contribution is 7.16. The molecule has 0 aliphatic heterocycles. The predicted octanol–water partition coefficient (Wildman–Crippen LogP) is 4.32. The van der Waals surface area contributed by atoms with E-state index < -0.39 is 0 Å². The van der Waals surface area contributed by atoms with Crippen molar-refractivity contribution in [2.45, 2.75) is 31.7 Å². The lowest BCUT2D eigenvalue weighted by molar-refractivity contribution is 0.466. The first-order valence-corrected chi connectivity index (χ1v) is 8.21. The smallest absolute Gasteiger partial charge is 0.115 e. The zero-order chi connectivity index (χ0) is 13.9. The summed E-state index contributed by atoms with van der Waals surface area (Å²) in [5.74, 6) is 0.326. The van der Waals surface area contributed by atoms with Crippen LogP contribution in [-0.4, -0.2) is 11.7 Å². The minimum atomic E-state index is 0.326. The van der Waals surface area contributed by atoms with Gasteiger partial charge in [-0.15, -0.1) is 11.3 Å². The fraction of sp³-hybridized carbons (Fsp3) is 0.375. The summed E-state index contributed by atoms with van der Waals surface area (Å²) in [5.41, 5.74) is 2.65. The Morgan fingerprint density at radius 2 is 2.10 bits per heavy atom. The summed E-state index contributed by atoms with van der Waals surface area (Å²) in [5, 5.41) is 12.9. The molecule has 0 spiro atoms. The molecule has 0 amide bonds. The summed E-state index contributed by atoms with van der Waals surface area (Å²) in [7, 11) is 0. The standard InChI is InChI=1S/C16H18ClNOS/c17-16-10-13-14(2-1-3-15(13)20-16)18-9-8-11-4-6-12(19)7-5-11/h4-7,10,14,18-19H,1-3,8-9H2. The van der Waals surface area contributed by atoms with E-state index in [9.17, 15) is 5.11 Å². The van der Waals surface area contributed by atoms with Gasteiger partial charge in [0.25, 0.3) is 0 Å². The van der Waals surface area contributed by atoms with Crippen LogP contribution in [0.15, 0.2) is 30.3 Å². The molecule has 3 rings (SSSR count). The van der Waals surface area contributed by atoms with Crippen molar-refractivity contribution in [3.05, 3.63) is 50.7 Å². The van der Waals surface area contributed by atoms with Gasteiger partial charge in [-0.2, -0.15) is 0 Å². The average Bonchev–Trinajstić information content (AvgIpc) is 2.82. The van der Waals surface area contributed by atoms with Crippen LogP contribution >= 0.6 is 22.9 Å². The SMILES string of the molecule is Oc1ccc(CCNC2CCCc3sc(Cl)cc32)cc1. The summed E-state index contributed by atoms with van der Waals surface area (Å²) in [6, 6.07) is 10.0. The monoisotopic (exact) mass is 307 g/mol. The largest absolute Gasteiger partial charge is 0.508 e. The number of fused-ring (bicyclic) bond motifs is 1. The molecule has 0 fully saturated rings. The minimum Gasteiger partial charge on any atom is -0.508 e. The molecule has 4 heteroatoms. The molecule has 1 aromatic carbocycles. The van der Waals surface area contributed by atoms with E-state index in [-0.39, 0.29) is 0 Å². The number of nitrogens with one attached hydrogen (secondary N) is 1. The third-order valence-electron chi connectivity index (χ3n) is 3.82. The second-order valence-electron chi connectivity index (χ2n) is 5.24. The highest BCUT2D eigenvalue weighted by Crippen LogP contribution is 2.37. The zero-order valence-corrected chi connectivity index (χ0v) is 12.8. The molecule has 1 aliphatic carbocycles. The van der Waals surface area contributed by atoms with Gasteiger partial charge in [0.05, 0.1) is 4.34 Å². The van der Waals surface area contributed by atoms with E-state index in [1.807, 2.05) is 12.1 Å². The van der Waals surface area contributed by atoms with E-state index in [2.05, 4.69) is 11.4 Å². The van der Waals surface area contributed by atoms with Gasteiger partial charge in [-0.3, -0.25) is 0 Å². The topological polar surface area (TPSA) is 32.3 Å². The number of rotatable bonds is 4. The van der Waals surface area contributed by atoms with Crippen molar-refractivity contribution in [1.29, 1.82) is 0 Å². The molecular formula is C16H18ClNOS. The molecule has 0 saturated heterocycles. The van der Waals surface area contributed by atoms with Crippen molar-refractivity contribution in [2.75, 3.05) is 6.54 Å². The van der Waals surface area contributed by atoms with Crippen LogP contribution in [0.2, 0.25) is 4.34 Å². The van der Waals surface area contributed by atoms with Crippen molar-refractivity contribution < 1.29 is 5.11 Å². The Hall–Kier alpha value is -1.03. The van der Waals surface area contributed by atoms with Crippen LogP contribution in [0.1, 0.15) is 34.9 Å². The Labute approximate surface area is 128 Å². The van der Waals surface area contributed by atoms with E-state index in [1.165, 1.54) is 35.3 Å². The van der Waals surface area contributed by atoms with E-state index in [1.54, 1.807) is 23.5 Å². The van der Waals surface area contributed by atoms with Gasteiger partial charge in [-0.25, -0.2) is 0 Å². The second-order valence-corrected chi connectivity index (χ2v) is 7.01. The van der Waals surface area contributed by atoms with Crippen molar-refractivity contribution in [3.63, 3.8) is 0 Å². The Morgan fingerprint density at radius 1 is 1.30 bits per heavy atom. The van der Waals surface area contributed by atoms with Gasteiger partial charge in [-0.05, 0) is 61.6 Å². The molecule has 1 unspecified atom stereocenters. The van der Waals surface area contributed by atoms with Gasteiger partial charge in [0.2, 0.25) is 0 Å². The fourth-order valence-corrected chi connectivity index (χ4v) is 4.17.